The molecule has 0 aromatic carbocycles. The smallest absolute Gasteiger partial charge is 0.0435 e. The van der Waals surface area contributed by atoms with Crippen LogP contribution in [-0.4, -0.2) is 4.98 Å². The first kappa shape index (κ1) is 9.24. The molecule has 0 aliphatic heterocycles. The zero-order valence-electron chi connectivity index (χ0n) is 8.17. The molecule has 0 saturated carbocycles. The number of pyridine rings is 1. The molecular formula is C11H17N. The van der Waals surface area contributed by atoms with Crippen LogP contribution in [-0.2, 0) is 6.42 Å². The predicted molar refractivity (Wildman–Crippen MR) is 52.3 cm³/mol. The molecule has 0 bridgehead atoms. The summed E-state index contributed by atoms with van der Waals surface area (Å²) in [6.45, 7) is 6.64. The normalized spacial score (nSPS) is 12.9. The van der Waals surface area contributed by atoms with Gasteiger partial charge in [-0.2, -0.15) is 0 Å². The van der Waals surface area contributed by atoms with E-state index >= 15 is 0 Å². The molecule has 0 spiro atoms. The molecule has 1 unspecified atom stereocenters. The number of hydrogen-bond donors (Lipinski definition) is 0. The van der Waals surface area contributed by atoms with E-state index < -0.39 is 0 Å². The predicted octanol–water partition coefficient (Wildman–Crippen LogP) is 3.16. The van der Waals surface area contributed by atoms with Crippen molar-refractivity contribution in [2.45, 2.75) is 39.5 Å². The Bertz CT molecular complexity index is 243. The number of hydrogen-bond acceptors (Lipinski definition) is 1. The van der Waals surface area contributed by atoms with Gasteiger partial charge in [0.15, 0.2) is 0 Å². The lowest BCUT2D eigenvalue weighted by Crippen LogP contribution is -1.99. The minimum Gasteiger partial charge on any atom is -0.261 e. The summed E-state index contributed by atoms with van der Waals surface area (Å²) >= 11 is 0. The summed E-state index contributed by atoms with van der Waals surface area (Å²) in [4.78, 5) is 4.37. The van der Waals surface area contributed by atoms with Crippen molar-refractivity contribution in [1.29, 1.82) is 0 Å². The standard InChI is InChI=1S/C11H17N/c1-4-9(3)10-7-6-8-12-11(10)5-2/h6-9H,4-5H2,1-3H3. The molecule has 0 N–H and O–H groups in total. The zero-order valence-corrected chi connectivity index (χ0v) is 8.17. The lowest BCUT2D eigenvalue weighted by molar-refractivity contribution is 0.715. The SMILES string of the molecule is CCc1ncccc1C(C)CC. The van der Waals surface area contributed by atoms with Gasteiger partial charge in [-0.1, -0.05) is 26.8 Å². The van der Waals surface area contributed by atoms with Crippen molar-refractivity contribution in [1.82, 2.24) is 4.98 Å². The molecule has 1 atom stereocenters. The fourth-order valence-corrected chi connectivity index (χ4v) is 1.41. The molecule has 0 radical (unpaired) electrons. The van der Waals surface area contributed by atoms with Gasteiger partial charge < -0.3 is 0 Å². The van der Waals surface area contributed by atoms with Crippen LogP contribution in [0.2, 0.25) is 0 Å². The highest BCUT2D eigenvalue weighted by Gasteiger charge is 2.06. The highest BCUT2D eigenvalue weighted by molar-refractivity contribution is 5.23. The molecule has 1 aromatic rings. The Balaban J connectivity index is 2.96. The van der Waals surface area contributed by atoms with Gasteiger partial charge in [-0.25, -0.2) is 0 Å². The molecule has 1 heteroatoms. The monoisotopic (exact) mass is 163 g/mol. The molecule has 0 aliphatic carbocycles. The van der Waals surface area contributed by atoms with Gasteiger partial charge in [0.1, 0.15) is 0 Å². The van der Waals surface area contributed by atoms with E-state index in [1.54, 1.807) is 0 Å². The molecule has 66 valence electrons. The van der Waals surface area contributed by atoms with Crippen LogP contribution in [0, 0.1) is 0 Å². The van der Waals surface area contributed by atoms with Crippen LogP contribution < -0.4 is 0 Å². The third-order valence-electron chi connectivity index (χ3n) is 2.40. The molecule has 1 rings (SSSR count). The Kier molecular flexibility index (Phi) is 3.27. The summed E-state index contributed by atoms with van der Waals surface area (Å²) < 4.78 is 0. The van der Waals surface area contributed by atoms with Crippen molar-refractivity contribution in [3.63, 3.8) is 0 Å². The van der Waals surface area contributed by atoms with Crippen LogP contribution in [0.1, 0.15) is 44.4 Å². The van der Waals surface area contributed by atoms with Gasteiger partial charge >= 0.3 is 0 Å². The summed E-state index contributed by atoms with van der Waals surface area (Å²) in [5, 5.41) is 0. The first-order valence-corrected chi connectivity index (χ1v) is 4.73. The zero-order chi connectivity index (χ0) is 8.97. The second-order valence-electron chi connectivity index (χ2n) is 3.20. The number of nitrogens with zero attached hydrogens (tertiary/aromatic N) is 1. The van der Waals surface area contributed by atoms with Crippen molar-refractivity contribution in [2.75, 3.05) is 0 Å². The second-order valence-corrected chi connectivity index (χ2v) is 3.20. The van der Waals surface area contributed by atoms with E-state index in [9.17, 15) is 0 Å². The lowest BCUT2D eigenvalue weighted by atomic mass is 9.96. The number of rotatable bonds is 3. The highest BCUT2D eigenvalue weighted by Crippen LogP contribution is 2.20. The molecule has 1 nitrogen and oxygen atoms in total. The molecule has 1 aromatic heterocycles. The van der Waals surface area contributed by atoms with Gasteiger partial charge in [0.2, 0.25) is 0 Å². The first-order chi connectivity index (χ1) is 5.79. The van der Waals surface area contributed by atoms with E-state index in [0.717, 1.165) is 6.42 Å². The largest absolute Gasteiger partial charge is 0.261 e. The lowest BCUT2D eigenvalue weighted by Gasteiger charge is -2.11. The molecule has 0 saturated heterocycles. The highest BCUT2D eigenvalue weighted by atomic mass is 14.7. The average Bonchev–Trinajstić information content (AvgIpc) is 2.16. The Morgan fingerprint density at radius 3 is 2.75 bits per heavy atom. The average molecular weight is 163 g/mol. The van der Waals surface area contributed by atoms with Gasteiger partial charge in [0.05, 0.1) is 0 Å². The molecule has 0 fully saturated rings. The number of aryl methyl sites for hydroxylation is 1. The Hall–Kier alpha value is -0.850. The van der Waals surface area contributed by atoms with E-state index in [1.165, 1.54) is 17.7 Å². The Morgan fingerprint density at radius 2 is 2.17 bits per heavy atom. The van der Waals surface area contributed by atoms with Crippen LogP contribution in [0.5, 0.6) is 0 Å². The Labute approximate surface area is 74.8 Å². The number of aromatic nitrogens is 1. The van der Waals surface area contributed by atoms with Crippen molar-refractivity contribution < 1.29 is 0 Å². The van der Waals surface area contributed by atoms with Crippen LogP contribution in [0.3, 0.4) is 0 Å². The van der Waals surface area contributed by atoms with Gasteiger partial charge in [-0.15, -0.1) is 0 Å². The fourth-order valence-electron chi connectivity index (χ4n) is 1.41. The topological polar surface area (TPSA) is 12.9 Å². The maximum atomic E-state index is 4.37. The van der Waals surface area contributed by atoms with Crippen molar-refractivity contribution in [3.05, 3.63) is 29.6 Å². The van der Waals surface area contributed by atoms with E-state index in [-0.39, 0.29) is 0 Å². The maximum absolute atomic E-state index is 4.37. The molecular weight excluding hydrogens is 146 g/mol. The molecule has 0 aliphatic rings. The second kappa shape index (κ2) is 4.24. The summed E-state index contributed by atoms with van der Waals surface area (Å²) in [5.74, 6) is 0.647. The van der Waals surface area contributed by atoms with Crippen LogP contribution >= 0.6 is 0 Å². The van der Waals surface area contributed by atoms with Gasteiger partial charge in [-0.05, 0) is 30.4 Å². The quantitative estimate of drug-likeness (QED) is 0.667. The molecule has 0 amide bonds. The minimum atomic E-state index is 0.647. The van der Waals surface area contributed by atoms with E-state index in [1.807, 2.05) is 12.3 Å². The summed E-state index contributed by atoms with van der Waals surface area (Å²) in [7, 11) is 0. The molecule has 12 heavy (non-hydrogen) atoms. The third-order valence-corrected chi connectivity index (χ3v) is 2.40. The van der Waals surface area contributed by atoms with Gasteiger partial charge in [0.25, 0.3) is 0 Å². The third kappa shape index (κ3) is 1.84. The van der Waals surface area contributed by atoms with Crippen molar-refractivity contribution in [2.24, 2.45) is 0 Å². The van der Waals surface area contributed by atoms with Crippen LogP contribution in [0.4, 0.5) is 0 Å². The summed E-state index contributed by atoms with van der Waals surface area (Å²) in [6, 6.07) is 4.22. The fraction of sp³-hybridized carbons (Fsp3) is 0.545. The molecule has 1 heterocycles. The van der Waals surface area contributed by atoms with E-state index in [4.69, 9.17) is 0 Å². The Morgan fingerprint density at radius 1 is 1.42 bits per heavy atom. The van der Waals surface area contributed by atoms with Crippen LogP contribution in [0.25, 0.3) is 0 Å². The van der Waals surface area contributed by atoms with Crippen molar-refractivity contribution >= 4 is 0 Å². The van der Waals surface area contributed by atoms with Crippen LogP contribution in [0.15, 0.2) is 18.3 Å². The van der Waals surface area contributed by atoms with E-state index in [2.05, 4.69) is 31.8 Å². The van der Waals surface area contributed by atoms with Crippen molar-refractivity contribution in [3.8, 4) is 0 Å². The first-order valence-electron chi connectivity index (χ1n) is 4.73. The van der Waals surface area contributed by atoms with Gasteiger partial charge in [-0.3, -0.25) is 4.98 Å². The maximum Gasteiger partial charge on any atom is 0.0435 e. The summed E-state index contributed by atoms with van der Waals surface area (Å²) in [6.07, 6.45) is 4.12. The summed E-state index contributed by atoms with van der Waals surface area (Å²) in [5.41, 5.74) is 2.68. The minimum absolute atomic E-state index is 0.647. The van der Waals surface area contributed by atoms with E-state index in [0.29, 0.717) is 5.92 Å². The van der Waals surface area contributed by atoms with Gasteiger partial charge in [0, 0.05) is 11.9 Å².